The number of alkyl halides is 3. The van der Waals surface area contributed by atoms with E-state index in [1.54, 1.807) is 6.92 Å². The number of nitrogens with one attached hydrogen (secondary N) is 1. The zero-order valence-electron chi connectivity index (χ0n) is 11.3. The highest BCUT2D eigenvalue weighted by Crippen LogP contribution is 2.34. The molecular weight excluding hydrogens is 322 g/mol. The second kappa shape index (κ2) is 5.60. The molecule has 8 heteroatoms. The van der Waals surface area contributed by atoms with Crippen LogP contribution in [0.5, 0.6) is 0 Å². The maximum atomic E-state index is 13.6. The van der Waals surface area contributed by atoms with Gasteiger partial charge in [-0.2, -0.15) is 13.2 Å². The molecule has 0 fully saturated rings. The summed E-state index contributed by atoms with van der Waals surface area (Å²) in [5.74, 6) is -0.876. The Morgan fingerprint density at radius 2 is 1.68 bits per heavy atom. The molecular formula is C14H11F4NO2S. The van der Waals surface area contributed by atoms with Gasteiger partial charge in [0.15, 0.2) is 0 Å². The highest BCUT2D eigenvalue weighted by Gasteiger charge is 2.37. The van der Waals surface area contributed by atoms with E-state index in [-0.39, 0.29) is 0 Å². The van der Waals surface area contributed by atoms with E-state index in [0.717, 1.165) is 24.3 Å². The van der Waals surface area contributed by atoms with E-state index in [9.17, 15) is 26.0 Å². The van der Waals surface area contributed by atoms with Gasteiger partial charge < -0.3 is 0 Å². The number of benzene rings is 2. The quantitative estimate of drug-likeness (QED) is 0.865. The van der Waals surface area contributed by atoms with Gasteiger partial charge in [0.1, 0.15) is 5.82 Å². The Hall–Kier alpha value is -2.09. The van der Waals surface area contributed by atoms with E-state index in [2.05, 4.69) is 0 Å². The van der Waals surface area contributed by atoms with Gasteiger partial charge in [-0.05, 0) is 36.8 Å². The highest BCUT2D eigenvalue weighted by molar-refractivity contribution is 7.92. The summed E-state index contributed by atoms with van der Waals surface area (Å²) < 4.78 is 78.4. The van der Waals surface area contributed by atoms with E-state index < -0.39 is 38.2 Å². The molecule has 22 heavy (non-hydrogen) atoms. The topological polar surface area (TPSA) is 46.2 Å². The second-order valence-corrected chi connectivity index (χ2v) is 6.23. The predicted octanol–water partition coefficient (Wildman–Crippen LogP) is 3.95. The van der Waals surface area contributed by atoms with Gasteiger partial charge >= 0.3 is 6.18 Å². The average Bonchev–Trinajstić information content (AvgIpc) is 2.42. The van der Waals surface area contributed by atoms with E-state index in [0.29, 0.717) is 11.6 Å². The lowest BCUT2D eigenvalue weighted by atomic mass is 10.2. The molecule has 0 aliphatic carbocycles. The van der Waals surface area contributed by atoms with Crippen LogP contribution in [0.3, 0.4) is 0 Å². The monoisotopic (exact) mass is 333 g/mol. The lowest BCUT2D eigenvalue weighted by Crippen LogP contribution is -2.19. The van der Waals surface area contributed by atoms with Crippen molar-refractivity contribution in [2.45, 2.75) is 18.0 Å². The molecule has 118 valence electrons. The molecule has 2 rings (SSSR count). The maximum Gasteiger partial charge on any atom is 0.417 e. The van der Waals surface area contributed by atoms with Crippen LogP contribution in [0.2, 0.25) is 0 Å². The molecule has 0 heterocycles. The van der Waals surface area contributed by atoms with E-state index in [1.165, 1.54) is 12.1 Å². The molecule has 1 N–H and O–H groups in total. The van der Waals surface area contributed by atoms with Crippen LogP contribution < -0.4 is 4.72 Å². The number of aryl methyl sites for hydroxylation is 1. The molecule has 0 atom stereocenters. The summed E-state index contributed by atoms with van der Waals surface area (Å²) >= 11 is 0. The van der Waals surface area contributed by atoms with Crippen molar-refractivity contribution in [2.24, 2.45) is 0 Å². The Morgan fingerprint density at radius 3 is 2.32 bits per heavy atom. The smallest absolute Gasteiger partial charge is 0.277 e. The Bertz CT molecular complexity index is 801. The van der Waals surface area contributed by atoms with Crippen molar-refractivity contribution in [1.29, 1.82) is 0 Å². The molecule has 3 nitrogen and oxygen atoms in total. The van der Waals surface area contributed by atoms with E-state index in [1.807, 2.05) is 4.72 Å². The first kappa shape index (κ1) is 16.3. The summed E-state index contributed by atoms with van der Waals surface area (Å²) in [6.07, 6.45) is -4.84. The third-order valence-electron chi connectivity index (χ3n) is 2.85. The summed E-state index contributed by atoms with van der Waals surface area (Å²) in [5, 5.41) is 0. The Labute approximate surface area is 124 Å². The molecule has 0 unspecified atom stereocenters. The second-order valence-electron chi connectivity index (χ2n) is 4.58. The molecule has 0 bridgehead atoms. The van der Waals surface area contributed by atoms with Gasteiger partial charge in [0.25, 0.3) is 10.0 Å². The van der Waals surface area contributed by atoms with Gasteiger partial charge in [-0.25, -0.2) is 12.8 Å². The molecule has 0 aromatic heterocycles. The number of hydrogen-bond acceptors (Lipinski definition) is 2. The van der Waals surface area contributed by atoms with Gasteiger partial charge in [0.2, 0.25) is 0 Å². The molecule has 2 aromatic carbocycles. The van der Waals surface area contributed by atoms with E-state index >= 15 is 0 Å². The number of halogens is 4. The van der Waals surface area contributed by atoms with Crippen molar-refractivity contribution in [2.75, 3.05) is 4.72 Å². The number of sulfonamides is 1. The fourth-order valence-electron chi connectivity index (χ4n) is 1.85. The molecule has 0 amide bonds. The Kier molecular flexibility index (Phi) is 4.15. The molecule has 0 spiro atoms. The minimum Gasteiger partial charge on any atom is -0.277 e. The molecule has 2 aromatic rings. The van der Waals surface area contributed by atoms with Crippen molar-refractivity contribution in [3.05, 3.63) is 59.4 Å². The van der Waals surface area contributed by atoms with Crippen LogP contribution in [0.25, 0.3) is 0 Å². The fraction of sp³-hybridized carbons (Fsp3) is 0.143. The van der Waals surface area contributed by atoms with Gasteiger partial charge in [-0.1, -0.05) is 18.2 Å². The van der Waals surface area contributed by atoms with Gasteiger partial charge in [0, 0.05) is 0 Å². The third-order valence-corrected chi connectivity index (χ3v) is 4.27. The summed E-state index contributed by atoms with van der Waals surface area (Å²) in [7, 11) is -4.58. The molecule has 0 aliphatic rings. The first-order chi connectivity index (χ1) is 10.1. The maximum absolute atomic E-state index is 13.6. The van der Waals surface area contributed by atoms with Crippen LogP contribution in [0.4, 0.5) is 23.2 Å². The highest BCUT2D eigenvalue weighted by atomic mass is 32.2. The minimum absolute atomic E-state index is 0.406. The minimum atomic E-state index is -4.84. The predicted molar refractivity (Wildman–Crippen MR) is 73.4 cm³/mol. The average molecular weight is 333 g/mol. The number of anilines is 1. The lowest BCUT2D eigenvalue weighted by molar-refractivity contribution is -0.139. The van der Waals surface area contributed by atoms with E-state index in [4.69, 9.17) is 0 Å². The third kappa shape index (κ3) is 3.38. The van der Waals surface area contributed by atoms with Crippen LogP contribution in [0.15, 0.2) is 47.4 Å². The van der Waals surface area contributed by atoms with Crippen LogP contribution >= 0.6 is 0 Å². The van der Waals surface area contributed by atoms with Gasteiger partial charge in [-0.15, -0.1) is 0 Å². The largest absolute Gasteiger partial charge is 0.417 e. The summed E-state index contributed by atoms with van der Waals surface area (Å²) in [6.45, 7) is 1.60. The Morgan fingerprint density at radius 1 is 1.05 bits per heavy atom. The summed E-state index contributed by atoms with van der Waals surface area (Å²) in [4.78, 5) is -0.955. The first-order valence-electron chi connectivity index (χ1n) is 6.06. The van der Waals surface area contributed by atoms with Crippen molar-refractivity contribution < 1.29 is 26.0 Å². The van der Waals surface area contributed by atoms with Crippen molar-refractivity contribution in [3.8, 4) is 0 Å². The molecule has 0 aliphatic heterocycles. The molecule has 0 radical (unpaired) electrons. The van der Waals surface area contributed by atoms with Crippen molar-refractivity contribution in [1.82, 2.24) is 0 Å². The SMILES string of the molecule is Cc1ccc(F)c(NS(=O)(=O)c2ccccc2C(F)(F)F)c1. The number of rotatable bonds is 3. The summed E-state index contributed by atoms with van der Waals surface area (Å²) in [6, 6.07) is 7.36. The van der Waals surface area contributed by atoms with Gasteiger partial charge in [-0.3, -0.25) is 4.72 Å². The molecule has 0 saturated heterocycles. The number of hydrogen-bond donors (Lipinski definition) is 1. The van der Waals surface area contributed by atoms with Gasteiger partial charge in [0.05, 0.1) is 16.1 Å². The van der Waals surface area contributed by atoms with Crippen LogP contribution in [-0.2, 0) is 16.2 Å². The van der Waals surface area contributed by atoms with Crippen LogP contribution in [-0.4, -0.2) is 8.42 Å². The zero-order valence-corrected chi connectivity index (χ0v) is 12.1. The molecule has 0 saturated carbocycles. The normalized spacial score (nSPS) is 12.2. The Balaban J connectivity index is 2.51. The fourth-order valence-corrected chi connectivity index (χ4v) is 3.14. The lowest BCUT2D eigenvalue weighted by Gasteiger charge is -2.14. The summed E-state index contributed by atoms with van der Waals surface area (Å²) in [5.41, 5.74) is -1.16. The van der Waals surface area contributed by atoms with Crippen LogP contribution in [0.1, 0.15) is 11.1 Å². The van der Waals surface area contributed by atoms with Crippen LogP contribution in [0, 0.1) is 12.7 Å². The van der Waals surface area contributed by atoms with Crippen molar-refractivity contribution >= 4 is 15.7 Å². The zero-order chi connectivity index (χ0) is 16.5. The standard InChI is InChI=1S/C14H11F4NO2S/c1-9-6-7-11(15)12(8-9)19-22(20,21)13-5-3-2-4-10(13)14(16,17)18/h2-8,19H,1H3. The van der Waals surface area contributed by atoms with Crippen molar-refractivity contribution in [3.63, 3.8) is 0 Å². The first-order valence-corrected chi connectivity index (χ1v) is 7.55.